The molecule has 150 valence electrons. The van der Waals surface area contributed by atoms with Gasteiger partial charge < -0.3 is 14.0 Å². The second-order valence-corrected chi connectivity index (χ2v) is 7.54. The summed E-state index contributed by atoms with van der Waals surface area (Å²) in [4.78, 5) is 37.2. The normalized spacial score (nSPS) is 27.7. The molecular weight excluding hydrogens is 352 g/mol. The highest BCUT2D eigenvalue weighted by Gasteiger charge is 2.44. The fourth-order valence-electron chi connectivity index (χ4n) is 4.58. The van der Waals surface area contributed by atoms with Crippen molar-refractivity contribution in [1.82, 2.24) is 10.1 Å². The zero-order valence-electron chi connectivity index (χ0n) is 15.9. The monoisotopic (exact) mass is 380 g/mol. The van der Waals surface area contributed by atoms with Gasteiger partial charge in [-0.25, -0.2) is 9.59 Å². The van der Waals surface area contributed by atoms with Gasteiger partial charge in [0.25, 0.3) is 5.56 Å². The number of carbonyl (C=O) groups is 2. The maximum absolute atomic E-state index is 12.4. The molecule has 27 heavy (non-hydrogen) atoms. The second kappa shape index (κ2) is 8.63. The molecule has 1 aromatic rings. The number of rotatable bonds is 5. The lowest BCUT2D eigenvalue weighted by atomic mass is 9.68. The first-order valence-corrected chi connectivity index (χ1v) is 9.70. The van der Waals surface area contributed by atoms with Crippen LogP contribution < -0.4 is 5.56 Å². The van der Waals surface area contributed by atoms with Crippen LogP contribution >= 0.6 is 0 Å². The number of H-pyrrole nitrogens is 1. The number of nitrogens with one attached hydrogen (secondary N) is 1. The number of likely N-dealkylation sites (tertiary alicyclic amines) is 1. The molecular formula is C19H28N2O6. The van der Waals surface area contributed by atoms with Gasteiger partial charge in [0.2, 0.25) is 0 Å². The number of amides is 1. The third kappa shape index (κ3) is 4.54. The minimum atomic E-state index is -0.569. The van der Waals surface area contributed by atoms with E-state index in [1.54, 1.807) is 6.92 Å². The van der Waals surface area contributed by atoms with Gasteiger partial charge in [0, 0.05) is 19.0 Å². The number of aryl methyl sites for hydroxylation is 1. The molecule has 2 aliphatic rings. The number of piperidine rings is 1. The van der Waals surface area contributed by atoms with Crippen molar-refractivity contribution >= 4 is 12.1 Å². The standard InChI is InChI=1S/C19H28N2O6/c1-3-26-18(23)16-9-14-8-12(5-7-15-10-17(22)20-27-15)4-6-13(14)11-21(16)19(24)25-2/h10,12-14,16H,3-9,11H2,1-2H3,(H,20,22)/t12-,13-,14+,16-/m0/s1. The highest BCUT2D eigenvalue weighted by atomic mass is 16.6. The summed E-state index contributed by atoms with van der Waals surface area (Å²) < 4.78 is 15.2. The van der Waals surface area contributed by atoms with Crippen molar-refractivity contribution in [3.05, 3.63) is 22.2 Å². The summed E-state index contributed by atoms with van der Waals surface area (Å²) in [5.41, 5.74) is -0.207. The fourth-order valence-corrected chi connectivity index (χ4v) is 4.58. The van der Waals surface area contributed by atoms with E-state index in [0.717, 1.165) is 32.1 Å². The van der Waals surface area contributed by atoms with Gasteiger partial charge in [0.15, 0.2) is 0 Å². The number of carbonyl (C=O) groups excluding carboxylic acids is 2. The maximum atomic E-state index is 12.4. The largest absolute Gasteiger partial charge is 0.464 e. The van der Waals surface area contributed by atoms with Crippen molar-refractivity contribution in [3.63, 3.8) is 0 Å². The molecule has 0 aromatic carbocycles. The molecule has 1 saturated carbocycles. The molecule has 1 saturated heterocycles. The molecule has 1 aliphatic heterocycles. The van der Waals surface area contributed by atoms with E-state index in [9.17, 15) is 14.4 Å². The highest BCUT2D eigenvalue weighted by molar-refractivity contribution is 5.81. The summed E-state index contributed by atoms with van der Waals surface area (Å²) in [5.74, 6) is 1.64. The number of nitrogens with zero attached hydrogens (tertiary/aromatic N) is 1. The Bertz CT molecular complexity index is 711. The van der Waals surface area contributed by atoms with Crippen LogP contribution in [0.5, 0.6) is 0 Å². The first-order chi connectivity index (χ1) is 13.0. The zero-order chi connectivity index (χ0) is 19.4. The molecule has 8 nitrogen and oxygen atoms in total. The molecule has 1 amide bonds. The van der Waals surface area contributed by atoms with Crippen LogP contribution in [-0.2, 0) is 20.7 Å². The van der Waals surface area contributed by atoms with Gasteiger partial charge in [-0.3, -0.25) is 9.69 Å². The van der Waals surface area contributed by atoms with E-state index in [-0.39, 0.29) is 11.5 Å². The van der Waals surface area contributed by atoms with Crippen LogP contribution in [0.15, 0.2) is 15.4 Å². The summed E-state index contributed by atoms with van der Waals surface area (Å²) in [5, 5.41) is 2.32. The average molecular weight is 380 g/mol. The Morgan fingerprint density at radius 1 is 1.30 bits per heavy atom. The number of methoxy groups -OCH3 is 1. The highest BCUT2D eigenvalue weighted by Crippen LogP contribution is 2.42. The Morgan fingerprint density at radius 2 is 2.11 bits per heavy atom. The van der Waals surface area contributed by atoms with E-state index < -0.39 is 12.1 Å². The molecule has 1 N–H and O–H groups in total. The summed E-state index contributed by atoms with van der Waals surface area (Å²) in [6.45, 7) is 2.60. The SMILES string of the molecule is CCOC(=O)[C@@H]1C[C@H]2C[C@H](CCc3cc(=O)[nH]o3)CC[C@H]2CN1C(=O)OC. The maximum Gasteiger partial charge on any atom is 0.410 e. The van der Waals surface area contributed by atoms with Crippen molar-refractivity contribution in [3.8, 4) is 0 Å². The molecule has 0 spiro atoms. The van der Waals surface area contributed by atoms with Crippen molar-refractivity contribution in [2.24, 2.45) is 17.8 Å². The van der Waals surface area contributed by atoms with Gasteiger partial charge in [-0.05, 0) is 50.4 Å². The van der Waals surface area contributed by atoms with Gasteiger partial charge in [-0.15, -0.1) is 0 Å². The molecule has 1 aromatic heterocycles. The molecule has 0 bridgehead atoms. The van der Waals surface area contributed by atoms with E-state index in [1.807, 2.05) is 0 Å². The van der Waals surface area contributed by atoms with Crippen LogP contribution in [0.1, 0.15) is 44.8 Å². The number of hydrogen-bond donors (Lipinski definition) is 1. The van der Waals surface area contributed by atoms with Crippen LogP contribution in [0.4, 0.5) is 4.79 Å². The molecule has 2 heterocycles. The van der Waals surface area contributed by atoms with E-state index in [0.29, 0.717) is 43.1 Å². The van der Waals surface area contributed by atoms with E-state index in [1.165, 1.54) is 18.1 Å². The lowest BCUT2D eigenvalue weighted by molar-refractivity contribution is -0.152. The van der Waals surface area contributed by atoms with Crippen LogP contribution in [0, 0.1) is 17.8 Å². The number of hydrogen-bond acceptors (Lipinski definition) is 6. The predicted molar refractivity (Wildman–Crippen MR) is 96.1 cm³/mol. The van der Waals surface area contributed by atoms with Crippen LogP contribution in [0.25, 0.3) is 0 Å². The number of aromatic nitrogens is 1. The van der Waals surface area contributed by atoms with Gasteiger partial charge in [0.05, 0.1) is 13.7 Å². The van der Waals surface area contributed by atoms with E-state index in [4.69, 9.17) is 14.0 Å². The summed E-state index contributed by atoms with van der Waals surface area (Å²) in [6, 6.07) is 0.928. The zero-order valence-corrected chi connectivity index (χ0v) is 15.9. The predicted octanol–water partition coefficient (Wildman–Crippen LogP) is 2.34. The fraction of sp³-hybridized carbons (Fsp3) is 0.737. The Hall–Kier alpha value is -2.25. The topological polar surface area (TPSA) is 102 Å². The lowest BCUT2D eigenvalue weighted by Gasteiger charge is -2.46. The molecule has 1 aliphatic carbocycles. The number of ether oxygens (including phenoxy) is 2. The average Bonchev–Trinajstić information content (AvgIpc) is 3.10. The minimum absolute atomic E-state index is 0.207. The second-order valence-electron chi connectivity index (χ2n) is 7.54. The minimum Gasteiger partial charge on any atom is -0.464 e. The Balaban J connectivity index is 1.62. The van der Waals surface area contributed by atoms with Crippen LogP contribution in [0.2, 0.25) is 0 Å². The van der Waals surface area contributed by atoms with Crippen molar-refractivity contribution in [2.45, 2.75) is 51.5 Å². The van der Waals surface area contributed by atoms with Crippen LogP contribution in [-0.4, -0.2) is 48.4 Å². The molecule has 3 rings (SSSR count). The smallest absolute Gasteiger partial charge is 0.410 e. The molecule has 4 atom stereocenters. The quantitative estimate of drug-likeness (QED) is 0.787. The van der Waals surface area contributed by atoms with E-state index >= 15 is 0 Å². The third-order valence-corrected chi connectivity index (χ3v) is 5.92. The summed E-state index contributed by atoms with van der Waals surface area (Å²) >= 11 is 0. The van der Waals surface area contributed by atoms with Crippen molar-refractivity contribution in [1.29, 1.82) is 0 Å². The number of aromatic amines is 1. The summed E-state index contributed by atoms with van der Waals surface area (Å²) in [7, 11) is 1.34. The number of esters is 1. The van der Waals surface area contributed by atoms with Gasteiger partial charge in [-0.2, -0.15) is 5.16 Å². The number of fused-ring (bicyclic) bond motifs is 1. The Labute approximate surface area is 158 Å². The molecule has 2 fully saturated rings. The lowest BCUT2D eigenvalue weighted by Crippen LogP contribution is -2.55. The van der Waals surface area contributed by atoms with Crippen molar-refractivity contribution < 1.29 is 23.6 Å². The molecule has 0 radical (unpaired) electrons. The Kier molecular flexibility index (Phi) is 6.23. The van der Waals surface area contributed by atoms with Crippen molar-refractivity contribution in [2.75, 3.05) is 20.3 Å². The molecule has 0 unspecified atom stereocenters. The van der Waals surface area contributed by atoms with Gasteiger partial charge >= 0.3 is 12.1 Å². The first-order valence-electron chi connectivity index (χ1n) is 9.70. The Morgan fingerprint density at radius 3 is 2.78 bits per heavy atom. The van der Waals surface area contributed by atoms with E-state index in [2.05, 4.69) is 5.16 Å². The molecule has 8 heteroatoms. The first kappa shape index (κ1) is 19.5. The van der Waals surface area contributed by atoms with Gasteiger partial charge in [-0.1, -0.05) is 6.42 Å². The third-order valence-electron chi connectivity index (χ3n) is 5.92. The van der Waals surface area contributed by atoms with Gasteiger partial charge in [0.1, 0.15) is 11.8 Å². The summed E-state index contributed by atoms with van der Waals surface area (Å²) in [6.07, 6.45) is 4.96. The van der Waals surface area contributed by atoms with Crippen LogP contribution in [0.3, 0.4) is 0 Å².